The zero-order chi connectivity index (χ0) is 17.4. The van der Waals surface area contributed by atoms with Gasteiger partial charge in [-0.05, 0) is 25.5 Å². The molecule has 0 aromatic heterocycles. The molecule has 1 aliphatic heterocycles. The Morgan fingerprint density at radius 3 is 2.92 bits per heavy atom. The molecule has 0 amide bonds. The van der Waals surface area contributed by atoms with E-state index in [2.05, 4.69) is 29.2 Å². The Morgan fingerprint density at radius 1 is 1.44 bits per heavy atom. The van der Waals surface area contributed by atoms with Gasteiger partial charge in [0.05, 0.1) is 18.2 Å². The highest BCUT2D eigenvalue weighted by Crippen LogP contribution is 2.31. The van der Waals surface area contributed by atoms with Gasteiger partial charge in [-0.2, -0.15) is 0 Å². The summed E-state index contributed by atoms with van der Waals surface area (Å²) in [5, 5.41) is 4.24. The van der Waals surface area contributed by atoms with Crippen molar-refractivity contribution >= 4 is 53.1 Å². The highest BCUT2D eigenvalue weighted by molar-refractivity contribution is 14.0. The van der Waals surface area contributed by atoms with Crippen LogP contribution in [0.15, 0.2) is 23.2 Å². The Bertz CT molecular complexity index is 555. The Hall–Kier alpha value is -0.440. The Morgan fingerprint density at radius 2 is 2.24 bits per heavy atom. The molecule has 0 spiro atoms. The van der Waals surface area contributed by atoms with Crippen LogP contribution in [0.25, 0.3) is 0 Å². The molecule has 1 fully saturated rings. The lowest BCUT2D eigenvalue weighted by Gasteiger charge is -2.24. The topological polar surface area (TPSA) is 46.1 Å². The highest BCUT2D eigenvalue weighted by atomic mass is 127. The molecule has 1 atom stereocenters. The van der Waals surface area contributed by atoms with Crippen molar-refractivity contribution in [3.8, 4) is 5.75 Å². The summed E-state index contributed by atoms with van der Waals surface area (Å²) >= 11 is 12.1. The molecule has 1 saturated heterocycles. The lowest BCUT2D eigenvalue weighted by atomic mass is 10.1. The number of rotatable bonds is 7. The third-order valence-corrected chi connectivity index (χ3v) is 4.58. The van der Waals surface area contributed by atoms with Crippen LogP contribution in [0.4, 0.5) is 0 Å². The van der Waals surface area contributed by atoms with Crippen molar-refractivity contribution in [2.75, 3.05) is 46.5 Å². The first kappa shape index (κ1) is 22.6. The first-order valence-electron chi connectivity index (χ1n) is 8.25. The van der Waals surface area contributed by atoms with Gasteiger partial charge in [-0.3, -0.25) is 0 Å². The fraction of sp³-hybridized carbons (Fsp3) is 0.588. The van der Waals surface area contributed by atoms with Crippen LogP contribution in [0.3, 0.4) is 0 Å². The second-order valence-corrected chi connectivity index (χ2v) is 6.53. The van der Waals surface area contributed by atoms with Crippen LogP contribution in [0.5, 0.6) is 5.75 Å². The van der Waals surface area contributed by atoms with E-state index in [1.165, 1.54) is 0 Å². The third kappa shape index (κ3) is 7.37. The zero-order valence-corrected chi connectivity index (χ0v) is 18.5. The lowest BCUT2D eigenvalue weighted by Crippen LogP contribution is -2.41. The molecule has 1 aromatic carbocycles. The Kier molecular flexibility index (Phi) is 10.9. The van der Waals surface area contributed by atoms with Gasteiger partial charge in [-0.15, -0.1) is 24.0 Å². The monoisotopic (exact) mass is 501 g/mol. The average molecular weight is 502 g/mol. The second-order valence-electron chi connectivity index (χ2n) is 5.75. The largest absolute Gasteiger partial charge is 0.490 e. The van der Waals surface area contributed by atoms with Crippen molar-refractivity contribution in [3.63, 3.8) is 0 Å². The maximum Gasteiger partial charge on any atom is 0.193 e. The molecule has 1 heterocycles. The van der Waals surface area contributed by atoms with Gasteiger partial charge in [0.2, 0.25) is 0 Å². The molecule has 1 N–H and O–H groups in total. The molecule has 2 rings (SSSR count). The number of guanidine groups is 1. The van der Waals surface area contributed by atoms with Crippen LogP contribution >= 0.6 is 47.2 Å². The standard InChI is InChI=1S/C17H25Cl2N3O2.HI/c1-3-20-17(22(2)11-13-7-9-23-12-13)21-8-10-24-15-6-4-5-14(18)16(15)19;/h4-6,13H,3,7-12H2,1-2H3,(H,20,21);1H. The average Bonchev–Trinajstić information content (AvgIpc) is 3.07. The quantitative estimate of drug-likeness (QED) is 0.266. The Labute approximate surface area is 177 Å². The van der Waals surface area contributed by atoms with Gasteiger partial charge in [-0.1, -0.05) is 29.3 Å². The fourth-order valence-electron chi connectivity index (χ4n) is 2.57. The van der Waals surface area contributed by atoms with Gasteiger partial charge in [0, 0.05) is 32.7 Å². The van der Waals surface area contributed by atoms with Crippen molar-refractivity contribution < 1.29 is 9.47 Å². The summed E-state index contributed by atoms with van der Waals surface area (Å²) in [5.74, 6) is 2.03. The summed E-state index contributed by atoms with van der Waals surface area (Å²) in [6, 6.07) is 5.35. The van der Waals surface area contributed by atoms with Crippen LogP contribution in [0, 0.1) is 5.92 Å². The summed E-state index contributed by atoms with van der Waals surface area (Å²) in [5.41, 5.74) is 0. The summed E-state index contributed by atoms with van der Waals surface area (Å²) in [4.78, 5) is 6.76. The number of halogens is 3. The van der Waals surface area contributed by atoms with E-state index < -0.39 is 0 Å². The predicted molar refractivity (Wildman–Crippen MR) is 115 cm³/mol. The van der Waals surface area contributed by atoms with E-state index in [9.17, 15) is 0 Å². The molecule has 1 aromatic rings. The number of benzene rings is 1. The summed E-state index contributed by atoms with van der Waals surface area (Å²) in [6.07, 6.45) is 1.11. The predicted octanol–water partition coefficient (Wildman–Crippen LogP) is 3.92. The van der Waals surface area contributed by atoms with Crippen LogP contribution < -0.4 is 10.1 Å². The van der Waals surface area contributed by atoms with Crippen LogP contribution in [0.2, 0.25) is 10.0 Å². The van der Waals surface area contributed by atoms with E-state index >= 15 is 0 Å². The SMILES string of the molecule is CCNC(=NCCOc1cccc(Cl)c1Cl)N(C)CC1CCOC1.I. The van der Waals surface area contributed by atoms with E-state index in [0.29, 0.717) is 34.9 Å². The molecular weight excluding hydrogens is 476 g/mol. The van der Waals surface area contributed by atoms with Gasteiger partial charge in [0.15, 0.2) is 5.96 Å². The van der Waals surface area contributed by atoms with Gasteiger partial charge in [0.25, 0.3) is 0 Å². The normalized spacial score (nSPS) is 17.1. The van der Waals surface area contributed by atoms with Crippen LogP contribution in [-0.4, -0.2) is 57.4 Å². The smallest absolute Gasteiger partial charge is 0.193 e. The van der Waals surface area contributed by atoms with Crippen LogP contribution in [0.1, 0.15) is 13.3 Å². The lowest BCUT2D eigenvalue weighted by molar-refractivity contribution is 0.181. The van der Waals surface area contributed by atoms with Gasteiger partial charge in [-0.25, -0.2) is 4.99 Å². The zero-order valence-electron chi connectivity index (χ0n) is 14.6. The van der Waals surface area contributed by atoms with Crippen molar-refractivity contribution in [2.24, 2.45) is 10.9 Å². The molecule has 0 bridgehead atoms. The minimum Gasteiger partial charge on any atom is -0.490 e. The number of aliphatic imine (C=N–C) groups is 1. The van der Waals surface area contributed by atoms with Crippen molar-refractivity contribution in [2.45, 2.75) is 13.3 Å². The van der Waals surface area contributed by atoms with Crippen molar-refractivity contribution in [1.82, 2.24) is 10.2 Å². The van der Waals surface area contributed by atoms with E-state index in [4.69, 9.17) is 32.7 Å². The minimum absolute atomic E-state index is 0. The second kappa shape index (κ2) is 12.0. The molecule has 25 heavy (non-hydrogen) atoms. The maximum atomic E-state index is 6.10. The fourth-order valence-corrected chi connectivity index (χ4v) is 2.92. The molecule has 0 saturated carbocycles. The van der Waals surface area contributed by atoms with Crippen LogP contribution in [-0.2, 0) is 4.74 Å². The van der Waals surface area contributed by atoms with E-state index in [1.54, 1.807) is 12.1 Å². The maximum absolute atomic E-state index is 6.10. The van der Waals surface area contributed by atoms with Gasteiger partial charge >= 0.3 is 0 Å². The molecule has 1 aliphatic rings. The van der Waals surface area contributed by atoms with E-state index in [-0.39, 0.29) is 24.0 Å². The number of hydrogen-bond acceptors (Lipinski definition) is 3. The van der Waals surface area contributed by atoms with E-state index in [1.807, 2.05) is 6.07 Å². The number of nitrogens with zero attached hydrogens (tertiary/aromatic N) is 2. The Balaban J connectivity index is 0.00000312. The van der Waals surface area contributed by atoms with E-state index in [0.717, 1.165) is 38.7 Å². The highest BCUT2D eigenvalue weighted by Gasteiger charge is 2.19. The number of ether oxygens (including phenoxy) is 2. The molecule has 8 heteroatoms. The first-order valence-corrected chi connectivity index (χ1v) is 9.01. The van der Waals surface area contributed by atoms with Crippen molar-refractivity contribution in [3.05, 3.63) is 28.2 Å². The summed E-state index contributed by atoms with van der Waals surface area (Å²) in [6.45, 7) is 6.50. The summed E-state index contributed by atoms with van der Waals surface area (Å²) < 4.78 is 11.1. The molecule has 0 radical (unpaired) electrons. The molecule has 5 nitrogen and oxygen atoms in total. The molecule has 0 aliphatic carbocycles. The molecular formula is C17H26Cl2IN3O2. The minimum atomic E-state index is 0. The third-order valence-electron chi connectivity index (χ3n) is 3.78. The van der Waals surface area contributed by atoms with Crippen molar-refractivity contribution in [1.29, 1.82) is 0 Å². The first-order chi connectivity index (χ1) is 11.6. The number of hydrogen-bond donors (Lipinski definition) is 1. The molecule has 142 valence electrons. The van der Waals surface area contributed by atoms with Gasteiger partial charge < -0.3 is 19.7 Å². The summed E-state index contributed by atoms with van der Waals surface area (Å²) in [7, 11) is 2.05. The molecule has 1 unspecified atom stereocenters. The number of nitrogens with one attached hydrogen (secondary N) is 1. The van der Waals surface area contributed by atoms with Gasteiger partial charge in [0.1, 0.15) is 17.4 Å².